The molecule has 0 saturated heterocycles. The summed E-state index contributed by atoms with van der Waals surface area (Å²) >= 11 is 0. The van der Waals surface area contributed by atoms with Crippen LogP contribution in [-0.2, 0) is 6.54 Å². The number of ether oxygens (including phenoxy) is 1. The van der Waals surface area contributed by atoms with Crippen LogP contribution in [0.2, 0.25) is 0 Å². The maximum Gasteiger partial charge on any atom is 0.165 e. The lowest BCUT2D eigenvalue weighted by molar-refractivity contribution is 0.371. The topological polar surface area (TPSA) is 58.7 Å². The normalized spacial score (nSPS) is 10.8. The first-order chi connectivity index (χ1) is 9.52. The average Bonchev–Trinajstić information content (AvgIpc) is 2.40. The van der Waals surface area contributed by atoms with E-state index in [9.17, 15) is 5.11 Å². The van der Waals surface area contributed by atoms with Crippen LogP contribution >= 0.6 is 0 Å². The maximum atomic E-state index is 10.4. The fourth-order valence-electron chi connectivity index (χ4n) is 2.22. The molecule has 4 nitrogen and oxygen atoms in total. The van der Waals surface area contributed by atoms with E-state index >= 15 is 0 Å². The highest BCUT2D eigenvalue weighted by atomic mass is 16.5. The van der Waals surface area contributed by atoms with Crippen LogP contribution in [0.15, 0.2) is 36.4 Å². The highest BCUT2D eigenvalue weighted by molar-refractivity contribution is 5.77. The molecular formula is C16H20N2O2. The van der Waals surface area contributed by atoms with Gasteiger partial charge >= 0.3 is 0 Å². The van der Waals surface area contributed by atoms with Gasteiger partial charge in [-0.3, -0.25) is 0 Å². The average molecular weight is 272 g/mol. The molecule has 0 aliphatic rings. The van der Waals surface area contributed by atoms with Gasteiger partial charge in [-0.05, 0) is 43.4 Å². The van der Waals surface area contributed by atoms with Crippen LogP contribution in [0.5, 0.6) is 11.5 Å². The summed E-state index contributed by atoms with van der Waals surface area (Å²) in [4.78, 5) is 2.06. The Labute approximate surface area is 119 Å². The Morgan fingerprint density at radius 1 is 1.10 bits per heavy atom. The smallest absolute Gasteiger partial charge is 0.165 e. The van der Waals surface area contributed by atoms with Crippen LogP contribution in [0.3, 0.4) is 0 Å². The third-order valence-corrected chi connectivity index (χ3v) is 3.13. The summed E-state index contributed by atoms with van der Waals surface area (Å²) in [5.41, 5.74) is 9.17. The second kappa shape index (κ2) is 5.84. The monoisotopic (exact) mass is 272 g/mol. The third-order valence-electron chi connectivity index (χ3n) is 3.13. The molecule has 0 heterocycles. The summed E-state index contributed by atoms with van der Waals surface area (Å²) in [6, 6.07) is 11.2. The summed E-state index contributed by atoms with van der Waals surface area (Å²) in [6.45, 7) is 0.733. The summed E-state index contributed by atoms with van der Waals surface area (Å²) in [5.74, 6) is 0.635. The molecule has 0 amide bonds. The van der Waals surface area contributed by atoms with E-state index in [2.05, 4.69) is 4.90 Å². The number of nitrogens with two attached hydrogens (primary N) is 1. The minimum atomic E-state index is 0.164. The zero-order valence-corrected chi connectivity index (χ0v) is 12.1. The Kier molecular flexibility index (Phi) is 4.15. The van der Waals surface area contributed by atoms with Crippen LogP contribution in [0.1, 0.15) is 5.56 Å². The lowest BCUT2D eigenvalue weighted by atomic mass is 9.97. The van der Waals surface area contributed by atoms with Crippen molar-refractivity contribution in [1.29, 1.82) is 0 Å². The fraction of sp³-hybridized carbons (Fsp3) is 0.250. The molecule has 0 unspecified atom stereocenters. The molecule has 0 spiro atoms. The van der Waals surface area contributed by atoms with Gasteiger partial charge in [0.15, 0.2) is 11.5 Å². The lowest BCUT2D eigenvalue weighted by Gasteiger charge is -2.17. The highest BCUT2D eigenvalue weighted by Gasteiger charge is 2.15. The molecule has 0 atom stereocenters. The quantitative estimate of drug-likeness (QED) is 0.840. The predicted molar refractivity (Wildman–Crippen MR) is 81.9 cm³/mol. The van der Waals surface area contributed by atoms with Crippen molar-refractivity contribution in [2.24, 2.45) is 0 Å². The van der Waals surface area contributed by atoms with Gasteiger partial charge in [-0.15, -0.1) is 0 Å². The number of nitrogens with zero attached hydrogens (tertiary/aromatic N) is 1. The molecule has 3 N–H and O–H groups in total. The van der Waals surface area contributed by atoms with Crippen molar-refractivity contribution in [3.05, 3.63) is 42.0 Å². The van der Waals surface area contributed by atoms with Gasteiger partial charge in [-0.1, -0.05) is 18.2 Å². The Hall–Kier alpha value is -2.20. The van der Waals surface area contributed by atoms with Gasteiger partial charge in [-0.2, -0.15) is 0 Å². The first-order valence-electron chi connectivity index (χ1n) is 6.42. The number of benzene rings is 2. The zero-order valence-electron chi connectivity index (χ0n) is 12.1. The van der Waals surface area contributed by atoms with Crippen LogP contribution in [0.25, 0.3) is 11.1 Å². The predicted octanol–water partition coefficient (Wildman–Crippen LogP) is 2.71. The van der Waals surface area contributed by atoms with Gasteiger partial charge < -0.3 is 20.5 Å². The first-order valence-corrected chi connectivity index (χ1v) is 6.42. The van der Waals surface area contributed by atoms with Crippen molar-refractivity contribution in [2.45, 2.75) is 6.54 Å². The van der Waals surface area contributed by atoms with Gasteiger partial charge in [0.05, 0.1) is 7.11 Å². The van der Waals surface area contributed by atoms with Crippen molar-refractivity contribution in [3.63, 3.8) is 0 Å². The van der Waals surface area contributed by atoms with Crippen molar-refractivity contribution in [3.8, 4) is 22.6 Å². The van der Waals surface area contributed by atoms with E-state index < -0.39 is 0 Å². The second-order valence-electron chi connectivity index (χ2n) is 5.01. The summed E-state index contributed by atoms with van der Waals surface area (Å²) in [6.07, 6.45) is 0. The van der Waals surface area contributed by atoms with Gasteiger partial charge in [0.1, 0.15) is 0 Å². The molecule has 0 aliphatic carbocycles. The number of nitrogen functional groups attached to an aromatic ring is 1. The van der Waals surface area contributed by atoms with Crippen LogP contribution in [0, 0.1) is 0 Å². The Morgan fingerprint density at radius 2 is 1.75 bits per heavy atom. The van der Waals surface area contributed by atoms with Crippen LogP contribution < -0.4 is 10.5 Å². The second-order valence-corrected chi connectivity index (χ2v) is 5.01. The molecule has 0 radical (unpaired) electrons. The van der Waals surface area contributed by atoms with E-state index in [0.29, 0.717) is 11.4 Å². The van der Waals surface area contributed by atoms with Crippen molar-refractivity contribution < 1.29 is 9.84 Å². The standard InChI is InChI=1S/C16H20N2O2/c1-18(2)10-12-6-9-14(20-3)16(19)15(12)11-4-7-13(17)8-5-11/h4-9,19H,10,17H2,1-3H3. The lowest BCUT2D eigenvalue weighted by Crippen LogP contribution is -2.11. The molecule has 0 saturated carbocycles. The maximum absolute atomic E-state index is 10.4. The molecule has 0 fully saturated rings. The van der Waals surface area contributed by atoms with E-state index in [4.69, 9.17) is 10.5 Å². The third kappa shape index (κ3) is 2.86. The van der Waals surface area contributed by atoms with Gasteiger partial charge in [0.25, 0.3) is 0 Å². The van der Waals surface area contributed by atoms with Crippen LogP contribution in [-0.4, -0.2) is 31.2 Å². The minimum Gasteiger partial charge on any atom is -0.504 e. The molecule has 0 aliphatic heterocycles. The number of anilines is 1. The number of phenols is 1. The Balaban J connectivity index is 2.60. The molecule has 2 aromatic carbocycles. The van der Waals surface area contributed by atoms with Crippen molar-refractivity contribution in [1.82, 2.24) is 4.90 Å². The first kappa shape index (κ1) is 14.2. The van der Waals surface area contributed by atoms with E-state index in [-0.39, 0.29) is 5.75 Å². The number of rotatable bonds is 4. The highest BCUT2D eigenvalue weighted by Crippen LogP contribution is 2.40. The van der Waals surface area contributed by atoms with Gasteiger partial charge in [-0.25, -0.2) is 0 Å². The van der Waals surface area contributed by atoms with Crippen molar-refractivity contribution >= 4 is 5.69 Å². The largest absolute Gasteiger partial charge is 0.504 e. The zero-order chi connectivity index (χ0) is 14.7. The molecule has 106 valence electrons. The van der Waals surface area contributed by atoms with E-state index in [1.165, 1.54) is 0 Å². The number of methoxy groups -OCH3 is 1. The molecule has 2 aromatic rings. The number of hydrogen-bond acceptors (Lipinski definition) is 4. The summed E-state index contributed by atoms with van der Waals surface area (Å²) in [5, 5.41) is 10.4. The molecular weight excluding hydrogens is 252 g/mol. The van der Waals surface area contributed by atoms with Crippen LogP contribution in [0.4, 0.5) is 5.69 Å². The Bertz CT molecular complexity index is 592. The fourth-order valence-corrected chi connectivity index (χ4v) is 2.22. The number of hydrogen-bond donors (Lipinski definition) is 2. The van der Waals surface area contributed by atoms with E-state index in [0.717, 1.165) is 23.2 Å². The SMILES string of the molecule is COc1ccc(CN(C)C)c(-c2ccc(N)cc2)c1O. The van der Waals surface area contributed by atoms with Gasteiger partial charge in [0, 0.05) is 17.8 Å². The Morgan fingerprint density at radius 3 is 2.30 bits per heavy atom. The molecule has 4 heteroatoms. The molecule has 0 bridgehead atoms. The minimum absolute atomic E-state index is 0.164. The molecule has 2 rings (SSSR count). The molecule has 0 aromatic heterocycles. The van der Waals surface area contributed by atoms with Gasteiger partial charge in [0.2, 0.25) is 0 Å². The number of aromatic hydroxyl groups is 1. The summed E-state index contributed by atoms with van der Waals surface area (Å²) in [7, 11) is 5.54. The van der Waals surface area contributed by atoms with E-state index in [1.54, 1.807) is 13.2 Å². The molecule has 20 heavy (non-hydrogen) atoms. The van der Waals surface area contributed by atoms with Crippen molar-refractivity contribution in [2.75, 3.05) is 26.9 Å². The number of phenolic OH excluding ortho intramolecular Hbond substituents is 1. The summed E-state index contributed by atoms with van der Waals surface area (Å²) < 4.78 is 5.20. The van der Waals surface area contributed by atoms with E-state index in [1.807, 2.05) is 44.4 Å².